The van der Waals surface area contributed by atoms with Crippen LogP contribution in [-0.2, 0) is 6.54 Å². The molecule has 1 aromatic rings. The second-order valence-corrected chi connectivity index (χ2v) is 7.00. The molecule has 0 radical (unpaired) electrons. The number of rotatable bonds is 1. The molecule has 0 spiro atoms. The Balaban J connectivity index is 1.97. The number of carboxylic acid groups (broad SMARTS) is 1. The van der Waals surface area contributed by atoms with E-state index < -0.39 is 6.09 Å². The molecular weight excluding hydrogens is 411 g/mol. The molecule has 1 atom stereocenters. The molecule has 0 unspecified atom stereocenters. The third kappa shape index (κ3) is 2.95. The average molecular weight is 426 g/mol. The molecule has 1 N–H and O–H groups in total. The van der Waals surface area contributed by atoms with Crippen LogP contribution in [0.25, 0.3) is 0 Å². The normalized spacial score (nSPS) is 21.0. The van der Waals surface area contributed by atoms with Crippen LogP contribution >= 0.6 is 39.1 Å². The maximum Gasteiger partial charge on any atom is 0.407 e. The fourth-order valence-electron chi connectivity index (χ4n) is 2.99. The van der Waals surface area contributed by atoms with Gasteiger partial charge in [-0.1, -0.05) is 23.2 Å². The van der Waals surface area contributed by atoms with Crippen molar-refractivity contribution in [3.63, 3.8) is 0 Å². The van der Waals surface area contributed by atoms with Crippen molar-refractivity contribution in [2.45, 2.75) is 12.6 Å². The number of carbonyl (C=O) groups is 1. The van der Waals surface area contributed by atoms with Crippen molar-refractivity contribution in [3.8, 4) is 11.5 Å². The van der Waals surface area contributed by atoms with E-state index in [4.69, 9.17) is 32.7 Å². The molecule has 2 aliphatic rings. The lowest BCUT2D eigenvalue weighted by Gasteiger charge is -2.38. The summed E-state index contributed by atoms with van der Waals surface area (Å²) < 4.78 is 11.9. The number of piperazine rings is 1. The summed E-state index contributed by atoms with van der Waals surface area (Å²) in [5, 5.41) is 9.98. The highest BCUT2D eigenvalue weighted by molar-refractivity contribution is 9.10. The monoisotopic (exact) mass is 424 g/mol. The Morgan fingerprint density at radius 2 is 2.13 bits per heavy atom. The topological polar surface area (TPSA) is 62.2 Å². The van der Waals surface area contributed by atoms with E-state index in [1.54, 1.807) is 7.11 Å². The summed E-state index contributed by atoms with van der Waals surface area (Å²) in [6, 6.07) is -0.0365. The van der Waals surface area contributed by atoms with Gasteiger partial charge in [0.05, 0.1) is 33.2 Å². The van der Waals surface area contributed by atoms with Gasteiger partial charge in [-0.2, -0.15) is 0 Å². The summed E-state index contributed by atoms with van der Waals surface area (Å²) in [4.78, 5) is 14.8. The second kappa shape index (κ2) is 6.55. The van der Waals surface area contributed by atoms with Gasteiger partial charge >= 0.3 is 6.09 Å². The first-order valence-electron chi connectivity index (χ1n) is 7.02. The molecule has 3 rings (SSSR count). The fraction of sp³-hybridized carbons (Fsp3) is 0.500. The molecule has 0 bridgehead atoms. The maximum absolute atomic E-state index is 11.2. The van der Waals surface area contributed by atoms with Crippen molar-refractivity contribution >= 4 is 45.2 Å². The molecule has 126 valence electrons. The Kier molecular flexibility index (Phi) is 4.83. The van der Waals surface area contributed by atoms with Crippen molar-refractivity contribution in [2.24, 2.45) is 0 Å². The van der Waals surface area contributed by atoms with E-state index in [9.17, 15) is 9.90 Å². The summed E-state index contributed by atoms with van der Waals surface area (Å²) in [6.07, 6.45) is -0.909. The van der Waals surface area contributed by atoms with E-state index in [-0.39, 0.29) is 6.04 Å². The number of methoxy groups -OCH3 is 1. The Morgan fingerprint density at radius 3 is 2.78 bits per heavy atom. The highest BCUT2D eigenvalue weighted by Gasteiger charge is 2.35. The van der Waals surface area contributed by atoms with Gasteiger partial charge < -0.3 is 19.5 Å². The standard InChI is InChI=1S/C14H15BrCl2N2O4/c1-22-12-8-5-18-2-3-19(14(20)21)4-7(18)6-23-13(8)11(17)9(15)10(12)16/h7H,2-6H2,1H3,(H,20,21)/t7-/m1/s1. The van der Waals surface area contributed by atoms with Crippen LogP contribution in [0.4, 0.5) is 4.79 Å². The molecule has 0 aliphatic carbocycles. The molecule has 1 aromatic carbocycles. The zero-order valence-corrected chi connectivity index (χ0v) is 15.4. The van der Waals surface area contributed by atoms with Crippen molar-refractivity contribution in [1.29, 1.82) is 0 Å². The Morgan fingerprint density at radius 1 is 1.39 bits per heavy atom. The van der Waals surface area contributed by atoms with E-state index in [2.05, 4.69) is 20.8 Å². The summed E-state index contributed by atoms with van der Waals surface area (Å²) in [5.74, 6) is 1.07. The summed E-state index contributed by atoms with van der Waals surface area (Å²) in [7, 11) is 1.55. The van der Waals surface area contributed by atoms with Crippen LogP contribution in [0, 0.1) is 0 Å². The third-order valence-electron chi connectivity index (χ3n) is 4.19. The van der Waals surface area contributed by atoms with Crippen molar-refractivity contribution in [1.82, 2.24) is 9.80 Å². The largest absolute Gasteiger partial charge is 0.495 e. The fourth-order valence-corrected chi connectivity index (χ4v) is 3.94. The third-order valence-corrected chi connectivity index (χ3v) is 6.16. The van der Waals surface area contributed by atoms with Crippen LogP contribution < -0.4 is 9.47 Å². The summed E-state index contributed by atoms with van der Waals surface area (Å²) in [5.41, 5.74) is 0.789. The van der Waals surface area contributed by atoms with Crippen LogP contribution in [0.15, 0.2) is 4.47 Å². The lowest BCUT2D eigenvalue weighted by Crippen LogP contribution is -2.55. The lowest BCUT2D eigenvalue weighted by atomic mass is 10.1. The average Bonchev–Trinajstić information content (AvgIpc) is 2.72. The predicted octanol–water partition coefficient (Wildman–Crippen LogP) is 3.32. The first-order valence-corrected chi connectivity index (χ1v) is 8.57. The van der Waals surface area contributed by atoms with E-state index in [1.807, 2.05) is 0 Å². The first-order chi connectivity index (χ1) is 10.9. The van der Waals surface area contributed by atoms with Gasteiger partial charge in [0.1, 0.15) is 18.1 Å². The molecule has 0 saturated carbocycles. The molecule has 6 nitrogen and oxygen atoms in total. The smallest absolute Gasteiger partial charge is 0.407 e. The number of halogens is 3. The minimum Gasteiger partial charge on any atom is -0.495 e. The molecule has 0 aromatic heterocycles. The van der Waals surface area contributed by atoms with E-state index in [0.29, 0.717) is 58.8 Å². The molecule has 1 fully saturated rings. The van der Waals surface area contributed by atoms with Crippen LogP contribution in [0.5, 0.6) is 11.5 Å². The minimum atomic E-state index is -0.909. The van der Waals surface area contributed by atoms with Gasteiger partial charge in [-0.15, -0.1) is 0 Å². The van der Waals surface area contributed by atoms with Gasteiger partial charge in [-0.25, -0.2) is 4.79 Å². The first kappa shape index (κ1) is 17.0. The molecule has 2 heterocycles. The van der Waals surface area contributed by atoms with Crippen molar-refractivity contribution in [2.75, 3.05) is 33.4 Å². The number of ether oxygens (including phenoxy) is 2. The van der Waals surface area contributed by atoms with Gasteiger partial charge in [0.15, 0.2) is 0 Å². The molecule has 23 heavy (non-hydrogen) atoms. The van der Waals surface area contributed by atoms with Gasteiger partial charge in [0.2, 0.25) is 0 Å². The predicted molar refractivity (Wildman–Crippen MR) is 90.0 cm³/mol. The minimum absolute atomic E-state index is 0.0365. The zero-order chi connectivity index (χ0) is 16.7. The highest BCUT2D eigenvalue weighted by Crippen LogP contribution is 2.49. The number of fused-ring (bicyclic) bond motifs is 2. The van der Waals surface area contributed by atoms with Crippen LogP contribution in [0.1, 0.15) is 5.56 Å². The van der Waals surface area contributed by atoms with Gasteiger partial charge in [-0.05, 0) is 15.9 Å². The number of benzene rings is 1. The Labute approximate surface area is 152 Å². The number of hydrogen-bond donors (Lipinski definition) is 1. The lowest BCUT2D eigenvalue weighted by molar-refractivity contribution is 0.0501. The highest BCUT2D eigenvalue weighted by atomic mass is 79.9. The van der Waals surface area contributed by atoms with Gasteiger partial charge in [-0.3, -0.25) is 4.90 Å². The zero-order valence-electron chi connectivity index (χ0n) is 12.3. The van der Waals surface area contributed by atoms with E-state index >= 15 is 0 Å². The van der Waals surface area contributed by atoms with Crippen LogP contribution in [0.3, 0.4) is 0 Å². The van der Waals surface area contributed by atoms with E-state index in [1.165, 1.54) is 4.90 Å². The molecule has 1 saturated heterocycles. The number of amides is 1. The number of hydrogen-bond acceptors (Lipinski definition) is 4. The Hall–Kier alpha value is -0.890. The number of nitrogens with zero attached hydrogens (tertiary/aromatic N) is 2. The van der Waals surface area contributed by atoms with E-state index in [0.717, 1.165) is 5.56 Å². The molecule has 9 heteroatoms. The van der Waals surface area contributed by atoms with Crippen molar-refractivity contribution < 1.29 is 19.4 Å². The van der Waals surface area contributed by atoms with Crippen molar-refractivity contribution in [3.05, 3.63) is 20.1 Å². The SMILES string of the molecule is COc1c(Cl)c(Br)c(Cl)c2c1CN1CCN(C(=O)O)C[C@@H]1CO2. The quantitative estimate of drug-likeness (QED) is 0.699. The summed E-state index contributed by atoms with van der Waals surface area (Å²) in [6.45, 7) is 2.38. The van der Waals surface area contributed by atoms with Gasteiger partial charge in [0, 0.05) is 26.2 Å². The molecule has 1 amide bonds. The second-order valence-electron chi connectivity index (χ2n) is 5.45. The van der Waals surface area contributed by atoms with Crippen LogP contribution in [-0.4, -0.2) is 60.4 Å². The molecular formula is C14H15BrCl2N2O4. The Bertz CT molecular complexity index is 658. The molecule has 2 aliphatic heterocycles. The van der Waals surface area contributed by atoms with Gasteiger partial charge in [0.25, 0.3) is 0 Å². The summed E-state index contributed by atoms with van der Waals surface area (Å²) >= 11 is 16.0. The maximum atomic E-state index is 11.2. The van der Waals surface area contributed by atoms with Crippen LogP contribution in [0.2, 0.25) is 10.0 Å².